The summed E-state index contributed by atoms with van der Waals surface area (Å²) in [5, 5.41) is 12.8. The number of aliphatic hydroxyl groups is 1. The number of alkyl carbamates (subject to hydrolysis) is 1. The molecule has 2 aromatic rings. The number of aryl methyl sites for hydroxylation is 1. The van der Waals surface area contributed by atoms with Crippen LogP contribution in [-0.4, -0.2) is 66.4 Å². The molecule has 1 fully saturated rings. The van der Waals surface area contributed by atoms with Crippen LogP contribution in [-0.2, 0) is 9.53 Å². The Balaban J connectivity index is 1.91. The number of nitrogens with one attached hydrogen (secondary N) is 1. The average Bonchev–Trinajstić information content (AvgIpc) is 2.80. The quantitative estimate of drug-likeness (QED) is 0.635. The van der Waals surface area contributed by atoms with E-state index in [4.69, 9.17) is 14.8 Å². The second-order valence-corrected chi connectivity index (χ2v) is 8.03. The highest BCUT2D eigenvalue weighted by atomic mass is 19.1. The largest absolute Gasteiger partial charge is 0.450 e. The van der Waals surface area contributed by atoms with Gasteiger partial charge in [0, 0.05) is 42.7 Å². The topological polar surface area (TPSA) is 95.0 Å². The fourth-order valence-corrected chi connectivity index (χ4v) is 3.81. The van der Waals surface area contributed by atoms with Crippen LogP contribution in [0.15, 0.2) is 18.2 Å². The van der Waals surface area contributed by atoms with Gasteiger partial charge in [-0.3, -0.25) is 4.79 Å². The van der Waals surface area contributed by atoms with E-state index in [2.05, 4.69) is 5.32 Å². The second-order valence-electron chi connectivity index (χ2n) is 8.03. The molecular formula is C23H31FN4O4. The van der Waals surface area contributed by atoms with Crippen molar-refractivity contribution in [1.29, 1.82) is 0 Å². The van der Waals surface area contributed by atoms with Gasteiger partial charge in [0.15, 0.2) is 0 Å². The first-order valence-corrected chi connectivity index (χ1v) is 11.0. The molecule has 1 atom stereocenters. The Kier molecular flexibility index (Phi) is 7.84. The van der Waals surface area contributed by atoms with Crippen LogP contribution in [0, 0.1) is 12.7 Å². The molecule has 3 rings (SSSR count). The Morgan fingerprint density at radius 2 is 2.00 bits per heavy atom. The van der Waals surface area contributed by atoms with Crippen LogP contribution in [0.1, 0.15) is 43.9 Å². The summed E-state index contributed by atoms with van der Waals surface area (Å²) in [7, 11) is 0. The maximum atomic E-state index is 14.2. The molecular weight excluding hydrogens is 415 g/mol. The highest BCUT2D eigenvalue weighted by Crippen LogP contribution is 2.31. The monoisotopic (exact) mass is 446 g/mol. The van der Waals surface area contributed by atoms with E-state index in [1.165, 1.54) is 6.07 Å². The lowest BCUT2D eigenvalue weighted by Crippen LogP contribution is -2.50. The number of nitrogens with zero attached hydrogens (tertiary/aromatic N) is 3. The Morgan fingerprint density at radius 3 is 2.66 bits per heavy atom. The Bertz CT molecular complexity index is 976. The Hall–Kier alpha value is -2.94. The molecule has 1 aromatic heterocycles. The minimum absolute atomic E-state index is 0.306. The third-order valence-corrected chi connectivity index (χ3v) is 5.78. The molecule has 174 valence electrons. The number of piperazine rings is 1. The first-order valence-electron chi connectivity index (χ1n) is 11.0. The van der Waals surface area contributed by atoms with Gasteiger partial charge >= 0.3 is 6.09 Å². The first-order chi connectivity index (χ1) is 15.3. The second kappa shape index (κ2) is 10.6. The van der Waals surface area contributed by atoms with Crippen molar-refractivity contribution in [2.75, 3.05) is 44.3 Å². The van der Waals surface area contributed by atoms with E-state index in [1.807, 2.05) is 24.8 Å². The highest BCUT2D eigenvalue weighted by molar-refractivity contribution is 5.85. The lowest BCUT2D eigenvalue weighted by Gasteiger charge is -2.36. The molecule has 2 heterocycles. The molecule has 0 spiro atoms. The number of hydrogen-bond acceptors (Lipinski definition) is 6. The van der Waals surface area contributed by atoms with Crippen LogP contribution in [0.3, 0.4) is 0 Å². The molecule has 2 N–H and O–H groups in total. The van der Waals surface area contributed by atoms with Gasteiger partial charge in [-0.1, -0.05) is 13.3 Å². The van der Waals surface area contributed by atoms with Gasteiger partial charge in [0.2, 0.25) is 5.91 Å². The van der Waals surface area contributed by atoms with Gasteiger partial charge in [0.05, 0.1) is 18.2 Å². The number of pyridine rings is 1. The summed E-state index contributed by atoms with van der Waals surface area (Å²) in [5.74, 6) is 0.00973. The van der Waals surface area contributed by atoms with Crippen LogP contribution in [0.25, 0.3) is 10.9 Å². The van der Waals surface area contributed by atoms with E-state index in [1.54, 1.807) is 17.9 Å². The van der Waals surface area contributed by atoms with E-state index in [-0.39, 0.29) is 11.7 Å². The zero-order valence-corrected chi connectivity index (χ0v) is 18.9. The van der Waals surface area contributed by atoms with Crippen LogP contribution >= 0.6 is 0 Å². The normalized spacial score (nSPS) is 15.0. The third kappa shape index (κ3) is 5.27. The number of anilines is 1. The standard InChI is InChI=1S/C23H31FN4O4/c1-4-5-12-32-23(31)25-16(3)18-13-17-6-7-19(24)15(2)21(17)26-22(18)28-10-8-27(9-11-28)20(30)14-29/h6-7,13,16,29H,4-5,8-12,14H2,1-3H3,(H,25,31). The van der Waals surface area contributed by atoms with Crippen LogP contribution in [0.5, 0.6) is 0 Å². The number of carbonyl (C=O) groups is 2. The number of fused-ring (bicyclic) bond motifs is 1. The predicted octanol–water partition coefficient (Wildman–Crippen LogP) is 2.91. The Morgan fingerprint density at radius 1 is 1.28 bits per heavy atom. The molecule has 1 aliphatic rings. The summed E-state index contributed by atoms with van der Waals surface area (Å²) in [6.45, 7) is 7.33. The summed E-state index contributed by atoms with van der Waals surface area (Å²) in [6, 6.07) is 4.63. The fourth-order valence-electron chi connectivity index (χ4n) is 3.81. The molecule has 1 aliphatic heterocycles. The minimum atomic E-state index is -0.515. The van der Waals surface area contributed by atoms with Crippen molar-refractivity contribution in [3.63, 3.8) is 0 Å². The van der Waals surface area contributed by atoms with Crippen LogP contribution in [0.2, 0.25) is 0 Å². The number of aliphatic hydroxyl groups excluding tert-OH is 1. The molecule has 32 heavy (non-hydrogen) atoms. The molecule has 8 nitrogen and oxygen atoms in total. The van der Waals surface area contributed by atoms with Crippen molar-refractivity contribution < 1.29 is 23.8 Å². The SMILES string of the molecule is CCCCOC(=O)NC(C)c1cc2ccc(F)c(C)c2nc1N1CCN(C(=O)CO)CC1. The number of carbonyl (C=O) groups excluding carboxylic acids is 2. The van der Waals surface area contributed by atoms with Gasteiger partial charge < -0.3 is 25.0 Å². The van der Waals surface area contributed by atoms with Gasteiger partial charge in [0.1, 0.15) is 18.2 Å². The van der Waals surface area contributed by atoms with Crippen molar-refractivity contribution >= 4 is 28.7 Å². The summed E-state index contributed by atoms with van der Waals surface area (Å²) in [6.07, 6.45) is 1.24. The number of benzene rings is 1. The lowest BCUT2D eigenvalue weighted by atomic mass is 10.0. The molecule has 0 bridgehead atoms. The van der Waals surface area contributed by atoms with Gasteiger partial charge in [-0.15, -0.1) is 0 Å². The number of amides is 2. The van der Waals surface area contributed by atoms with E-state index < -0.39 is 18.7 Å². The number of ether oxygens (including phenoxy) is 1. The van der Waals surface area contributed by atoms with Gasteiger partial charge in [0.25, 0.3) is 0 Å². The summed E-state index contributed by atoms with van der Waals surface area (Å²) < 4.78 is 19.4. The fraction of sp³-hybridized carbons (Fsp3) is 0.522. The molecule has 0 saturated carbocycles. The smallest absolute Gasteiger partial charge is 0.407 e. The molecule has 1 saturated heterocycles. The maximum absolute atomic E-state index is 14.2. The Labute approximate surface area is 187 Å². The molecule has 9 heteroatoms. The highest BCUT2D eigenvalue weighted by Gasteiger charge is 2.26. The van der Waals surface area contributed by atoms with E-state index in [9.17, 15) is 14.0 Å². The van der Waals surface area contributed by atoms with E-state index in [0.717, 1.165) is 23.8 Å². The third-order valence-electron chi connectivity index (χ3n) is 5.78. The number of unbranched alkanes of at least 4 members (excludes halogenated alkanes) is 1. The lowest BCUT2D eigenvalue weighted by molar-refractivity contribution is -0.134. The minimum Gasteiger partial charge on any atom is -0.450 e. The number of aromatic nitrogens is 1. The summed E-state index contributed by atoms with van der Waals surface area (Å²) in [5.41, 5.74) is 1.82. The summed E-state index contributed by atoms with van der Waals surface area (Å²) >= 11 is 0. The van der Waals surface area contributed by atoms with E-state index >= 15 is 0 Å². The number of rotatable bonds is 7. The van der Waals surface area contributed by atoms with Gasteiger partial charge in [-0.25, -0.2) is 14.2 Å². The first kappa shape index (κ1) is 23.7. The molecule has 2 amide bonds. The van der Waals surface area contributed by atoms with Crippen molar-refractivity contribution in [2.24, 2.45) is 0 Å². The zero-order valence-electron chi connectivity index (χ0n) is 18.9. The van der Waals surface area contributed by atoms with Crippen molar-refractivity contribution in [1.82, 2.24) is 15.2 Å². The molecule has 1 unspecified atom stereocenters. The molecule has 0 radical (unpaired) electrons. The predicted molar refractivity (Wildman–Crippen MR) is 120 cm³/mol. The zero-order chi connectivity index (χ0) is 23.3. The van der Waals surface area contributed by atoms with Crippen LogP contribution < -0.4 is 10.2 Å². The number of hydrogen-bond donors (Lipinski definition) is 2. The van der Waals surface area contributed by atoms with Crippen molar-refractivity contribution in [3.8, 4) is 0 Å². The van der Waals surface area contributed by atoms with Gasteiger partial charge in [-0.05, 0) is 38.5 Å². The summed E-state index contributed by atoms with van der Waals surface area (Å²) in [4.78, 5) is 32.5. The molecule has 1 aromatic carbocycles. The van der Waals surface area contributed by atoms with Crippen LogP contribution in [0.4, 0.5) is 15.0 Å². The number of halogens is 1. The van der Waals surface area contributed by atoms with Crippen molar-refractivity contribution in [3.05, 3.63) is 35.1 Å². The molecule has 0 aliphatic carbocycles. The maximum Gasteiger partial charge on any atom is 0.407 e. The average molecular weight is 447 g/mol. The van der Waals surface area contributed by atoms with Gasteiger partial charge in [-0.2, -0.15) is 0 Å². The van der Waals surface area contributed by atoms with E-state index in [0.29, 0.717) is 49.7 Å². The van der Waals surface area contributed by atoms with Crippen molar-refractivity contribution in [2.45, 2.75) is 39.7 Å².